The van der Waals surface area contributed by atoms with Crippen molar-refractivity contribution >= 4 is 29.4 Å². The van der Waals surface area contributed by atoms with Crippen LogP contribution in [0.15, 0.2) is 36.4 Å². The Bertz CT molecular complexity index is 873. The van der Waals surface area contributed by atoms with Gasteiger partial charge in [-0.3, -0.25) is 14.9 Å². The standard InChI is InChI=1S/C20H20ClNO6/c1-12-8-14(21)9-13(2)19(12)28-11-18(24)27-10-17(23)22-20(25)15-6-4-5-7-16(15)26-3/h4-9H,10-11H2,1-3H3,(H,22,23,25). The van der Waals surface area contributed by atoms with Crippen LogP contribution in [0.1, 0.15) is 21.5 Å². The van der Waals surface area contributed by atoms with Crippen molar-refractivity contribution in [2.45, 2.75) is 13.8 Å². The maximum absolute atomic E-state index is 12.1. The molecule has 0 fully saturated rings. The van der Waals surface area contributed by atoms with Gasteiger partial charge in [0.1, 0.15) is 11.5 Å². The van der Waals surface area contributed by atoms with E-state index in [9.17, 15) is 14.4 Å². The van der Waals surface area contributed by atoms with Crippen LogP contribution in [-0.4, -0.2) is 38.1 Å². The summed E-state index contributed by atoms with van der Waals surface area (Å²) in [4.78, 5) is 35.8. The third kappa shape index (κ3) is 5.72. The zero-order valence-corrected chi connectivity index (χ0v) is 16.5. The molecule has 0 saturated heterocycles. The van der Waals surface area contributed by atoms with Gasteiger partial charge in [-0.25, -0.2) is 4.79 Å². The monoisotopic (exact) mass is 405 g/mol. The van der Waals surface area contributed by atoms with E-state index in [4.69, 9.17) is 25.8 Å². The van der Waals surface area contributed by atoms with Crippen LogP contribution >= 0.6 is 11.6 Å². The molecule has 0 saturated carbocycles. The lowest BCUT2D eigenvalue weighted by atomic mass is 10.1. The summed E-state index contributed by atoms with van der Waals surface area (Å²) >= 11 is 5.95. The van der Waals surface area contributed by atoms with E-state index in [-0.39, 0.29) is 12.2 Å². The third-order valence-corrected chi connectivity index (χ3v) is 3.95. The second kappa shape index (κ2) is 9.75. The number of benzene rings is 2. The molecule has 2 aromatic rings. The lowest BCUT2D eigenvalue weighted by Crippen LogP contribution is -2.34. The summed E-state index contributed by atoms with van der Waals surface area (Å²) in [6.07, 6.45) is 0. The quantitative estimate of drug-likeness (QED) is 0.712. The number of rotatable bonds is 7. The second-order valence-electron chi connectivity index (χ2n) is 5.90. The van der Waals surface area contributed by atoms with Crippen LogP contribution < -0.4 is 14.8 Å². The molecule has 1 N–H and O–H groups in total. The van der Waals surface area contributed by atoms with Crippen LogP contribution in [0, 0.1) is 13.8 Å². The molecule has 7 nitrogen and oxygen atoms in total. The Morgan fingerprint density at radius 2 is 1.68 bits per heavy atom. The molecule has 0 radical (unpaired) electrons. The molecule has 8 heteroatoms. The summed E-state index contributed by atoms with van der Waals surface area (Å²) in [5, 5.41) is 2.70. The summed E-state index contributed by atoms with van der Waals surface area (Å²) < 4.78 is 15.4. The number of methoxy groups -OCH3 is 1. The Balaban J connectivity index is 1.83. The van der Waals surface area contributed by atoms with Gasteiger partial charge in [-0.1, -0.05) is 23.7 Å². The first-order valence-electron chi connectivity index (χ1n) is 8.34. The van der Waals surface area contributed by atoms with Crippen molar-refractivity contribution in [3.05, 3.63) is 58.1 Å². The molecule has 0 aliphatic rings. The van der Waals surface area contributed by atoms with Crippen LogP contribution in [0.5, 0.6) is 11.5 Å². The van der Waals surface area contributed by atoms with Crippen LogP contribution in [0.2, 0.25) is 5.02 Å². The fourth-order valence-corrected chi connectivity index (χ4v) is 2.83. The van der Waals surface area contributed by atoms with E-state index in [0.29, 0.717) is 16.5 Å². The zero-order valence-electron chi connectivity index (χ0n) is 15.7. The average Bonchev–Trinajstić information content (AvgIpc) is 2.65. The molecule has 2 aromatic carbocycles. The molecule has 0 aliphatic carbocycles. The number of imide groups is 1. The lowest BCUT2D eigenvalue weighted by molar-refractivity contribution is -0.150. The molecular formula is C20H20ClNO6. The molecule has 2 rings (SSSR count). The van der Waals surface area contributed by atoms with Gasteiger partial charge in [0.05, 0.1) is 12.7 Å². The number of aryl methyl sites for hydroxylation is 2. The first-order chi connectivity index (χ1) is 13.3. The first-order valence-corrected chi connectivity index (χ1v) is 8.72. The minimum absolute atomic E-state index is 0.196. The number of esters is 1. The van der Waals surface area contributed by atoms with Gasteiger partial charge >= 0.3 is 5.97 Å². The van der Waals surface area contributed by atoms with Gasteiger partial charge < -0.3 is 14.2 Å². The number of hydrogen-bond acceptors (Lipinski definition) is 6. The van der Waals surface area contributed by atoms with E-state index >= 15 is 0 Å². The van der Waals surface area contributed by atoms with Gasteiger partial charge in [-0.2, -0.15) is 0 Å². The van der Waals surface area contributed by atoms with Crippen molar-refractivity contribution in [1.29, 1.82) is 0 Å². The van der Waals surface area contributed by atoms with Crippen molar-refractivity contribution < 1.29 is 28.6 Å². The number of ether oxygens (including phenoxy) is 3. The largest absolute Gasteiger partial charge is 0.496 e. The summed E-state index contributed by atoms with van der Waals surface area (Å²) in [5.74, 6) is -1.30. The van der Waals surface area contributed by atoms with Crippen LogP contribution in [0.4, 0.5) is 0 Å². The molecule has 0 heterocycles. The molecule has 0 spiro atoms. The summed E-state index contributed by atoms with van der Waals surface area (Å²) in [7, 11) is 1.42. The molecule has 148 valence electrons. The predicted octanol–water partition coefficient (Wildman–Crippen LogP) is 2.84. The van der Waals surface area contributed by atoms with Crippen molar-refractivity contribution in [3.63, 3.8) is 0 Å². The Kier molecular flexibility index (Phi) is 7.40. The highest BCUT2D eigenvalue weighted by Gasteiger charge is 2.16. The molecule has 0 aliphatic heterocycles. The van der Waals surface area contributed by atoms with Gasteiger partial charge in [-0.05, 0) is 49.2 Å². The van der Waals surface area contributed by atoms with Crippen molar-refractivity contribution in [2.24, 2.45) is 0 Å². The van der Waals surface area contributed by atoms with E-state index in [1.165, 1.54) is 13.2 Å². The predicted molar refractivity (Wildman–Crippen MR) is 103 cm³/mol. The minimum Gasteiger partial charge on any atom is -0.496 e. The number of halogens is 1. The van der Waals surface area contributed by atoms with Gasteiger partial charge in [0.25, 0.3) is 11.8 Å². The first kappa shape index (κ1) is 21.2. The summed E-state index contributed by atoms with van der Waals surface area (Å²) in [6.45, 7) is 2.62. The van der Waals surface area contributed by atoms with Gasteiger partial charge in [0, 0.05) is 5.02 Å². The maximum atomic E-state index is 12.1. The molecule has 0 unspecified atom stereocenters. The molecule has 0 aromatic heterocycles. The van der Waals surface area contributed by atoms with Gasteiger partial charge in [-0.15, -0.1) is 0 Å². The zero-order chi connectivity index (χ0) is 20.7. The van der Waals surface area contributed by atoms with Gasteiger partial charge in [0.2, 0.25) is 0 Å². The number of para-hydroxylation sites is 1. The van der Waals surface area contributed by atoms with E-state index < -0.39 is 24.4 Å². The molecular weight excluding hydrogens is 386 g/mol. The Labute approximate surface area is 167 Å². The SMILES string of the molecule is COc1ccccc1C(=O)NC(=O)COC(=O)COc1c(C)cc(Cl)cc1C. The summed E-state index contributed by atoms with van der Waals surface area (Å²) in [5.41, 5.74) is 1.75. The number of nitrogens with one attached hydrogen (secondary N) is 1. The smallest absolute Gasteiger partial charge is 0.344 e. The van der Waals surface area contributed by atoms with E-state index in [0.717, 1.165) is 11.1 Å². The van der Waals surface area contributed by atoms with Crippen LogP contribution in [0.3, 0.4) is 0 Å². The van der Waals surface area contributed by atoms with Crippen LogP contribution in [-0.2, 0) is 14.3 Å². The van der Waals surface area contributed by atoms with Crippen molar-refractivity contribution in [1.82, 2.24) is 5.32 Å². The maximum Gasteiger partial charge on any atom is 0.344 e. The number of amides is 2. The number of carbonyl (C=O) groups is 3. The highest BCUT2D eigenvalue weighted by molar-refractivity contribution is 6.30. The van der Waals surface area contributed by atoms with E-state index in [2.05, 4.69) is 5.32 Å². The van der Waals surface area contributed by atoms with E-state index in [1.54, 1.807) is 44.2 Å². The van der Waals surface area contributed by atoms with Crippen molar-refractivity contribution in [3.8, 4) is 11.5 Å². The Morgan fingerprint density at radius 3 is 2.32 bits per heavy atom. The molecule has 28 heavy (non-hydrogen) atoms. The molecule has 2 amide bonds. The second-order valence-corrected chi connectivity index (χ2v) is 6.33. The highest BCUT2D eigenvalue weighted by atomic mass is 35.5. The number of hydrogen-bond donors (Lipinski definition) is 1. The normalized spacial score (nSPS) is 10.1. The average molecular weight is 406 g/mol. The fraction of sp³-hybridized carbons (Fsp3) is 0.250. The van der Waals surface area contributed by atoms with Gasteiger partial charge in [0.15, 0.2) is 13.2 Å². The molecule has 0 bridgehead atoms. The fourth-order valence-electron chi connectivity index (χ4n) is 2.51. The van der Waals surface area contributed by atoms with Crippen molar-refractivity contribution in [2.75, 3.05) is 20.3 Å². The van der Waals surface area contributed by atoms with E-state index in [1.807, 2.05) is 0 Å². The highest BCUT2D eigenvalue weighted by Crippen LogP contribution is 2.27. The number of carbonyl (C=O) groups excluding carboxylic acids is 3. The Morgan fingerprint density at radius 1 is 1.04 bits per heavy atom. The Hall–Kier alpha value is -3.06. The third-order valence-electron chi connectivity index (χ3n) is 3.73. The summed E-state index contributed by atoms with van der Waals surface area (Å²) in [6, 6.07) is 9.87. The topological polar surface area (TPSA) is 90.9 Å². The minimum atomic E-state index is -0.761. The molecule has 0 atom stereocenters. The van der Waals surface area contributed by atoms with Crippen LogP contribution in [0.25, 0.3) is 0 Å². The lowest BCUT2D eigenvalue weighted by Gasteiger charge is -2.12.